The zero-order valence-corrected chi connectivity index (χ0v) is 15.5. The molecule has 4 nitrogen and oxygen atoms in total. The first kappa shape index (κ1) is 15.6. The number of fused-ring (bicyclic) bond motifs is 6. The first-order valence-electron chi connectivity index (χ1n) is 8.87. The van der Waals surface area contributed by atoms with Gasteiger partial charge >= 0.3 is 8.80 Å². The standard InChI is InChI=1S/C17H30O4Si/c1-9-11-6-12(10(2)22(18-3,19-4)20-5)17(9)14-8-16-15(21-16)7-13(11)14/h9-17H,6-8H2,1-5H3. The van der Waals surface area contributed by atoms with E-state index in [0.717, 1.165) is 29.6 Å². The quantitative estimate of drug-likeness (QED) is 0.575. The highest BCUT2D eigenvalue weighted by Gasteiger charge is 2.65. The monoisotopic (exact) mass is 326 g/mol. The molecule has 4 aliphatic rings. The van der Waals surface area contributed by atoms with Gasteiger partial charge in [-0.1, -0.05) is 13.8 Å². The zero-order valence-electron chi connectivity index (χ0n) is 14.5. The molecule has 5 heteroatoms. The largest absolute Gasteiger partial charge is 0.503 e. The summed E-state index contributed by atoms with van der Waals surface area (Å²) in [6.07, 6.45) is 5.14. The van der Waals surface area contributed by atoms with Crippen LogP contribution in [-0.4, -0.2) is 42.3 Å². The predicted molar refractivity (Wildman–Crippen MR) is 85.3 cm³/mol. The maximum Gasteiger partial charge on any atom is 0.503 e. The highest BCUT2D eigenvalue weighted by molar-refractivity contribution is 6.62. The van der Waals surface area contributed by atoms with Crippen molar-refractivity contribution in [2.45, 2.75) is 50.9 Å². The van der Waals surface area contributed by atoms with Crippen molar-refractivity contribution in [3.8, 4) is 0 Å². The van der Waals surface area contributed by atoms with E-state index in [1.807, 2.05) is 0 Å². The first-order valence-corrected chi connectivity index (χ1v) is 10.7. The number of ether oxygens (including phenoxy) is 1. The average molecular weight is 327 g/mol. The van der Waals surface area contributed by atoms with Gasteiger partial charge in [0.25, 0.3) is 0 Å². The van der Waals surface area contributed by atoms with Crippen molar-refractivity contribution in [3.63, 3.8) is 0 Å². The van der Waals surface area contributed by atoms with Crippen LogP contribution in [0.25, 0.3) is 0 Å². The smallest absolute Gasteiger partial charge is 0.377 e. The van der Waals surface area contributed by atoms with Gasteiger partial charge in [0.2, 0.25) is 0 Å². The van der Waals surface area contributed by atoms with E-state index >= 15 is 0 Å². The van der Waals surface area contributed by atoms with Gasteiger partial charge in [-0.2, -0.15) is 0 Å². The van der Waals surface area contributed by atoms with Crippen LogP contribution < -0.4 is 0 Å². The molecule has 3 aliphatic carbocycles. The Morgan fingerprint density at radius 3 is 2.09 bits per heavy atom. The molecule has 0 spiro atoms. The third kappa shape index (κ3) is 1.95. The van der Waals surface area contributed by atoms with Gasteiger partial charge in [0.05, 0.1) is 12.2 Å². The molecular formula is C17H30O4Si. The molecule has 0 radical (unpaired) electrons. The number of epoxide rings is 1. The second-order valence-corrected chi connectivity index (χ2v) is 11.4. The van der Waals surface area contributed by atoms with E-state index in [-0.39, 0.29) is 0 Å². The molecule has 0 aromatic rings. The second-order valence-electron chi connectivity index (χ2n) is 8.02. The van der Waals surface area contributed by atoms with Gasteiger partial charge in [-0.25, -0.2) is 0 Å². The van der Waals surface area contributed by atoms with Gasteiger partial charge in [-0.05, 0) is 54.8 Å². The minimum absolute atomic E-state index is 0.378. The van der Waals surface area contributed by atoms with Crippen molar-refractivity contribution < 1.29 is 18.0 Å². The highest BCUT2D eigenvalue weighted by atomic mass is 28.4. The summed E-state index contributed by atoms with van der Waals surface area (Å²) in [6, 6.07) is 0. The second kappa shape index (κ2) is 5.28. The van der Waals surface area contributed by atoms with Gasteiger partial charge in [0.15, 0.2) is 0 Å². The fourth-order valence-corrected chi connectivity index (χ4v) is 9.15. The van der Waals surface area contributed by atoms with Crippen LogP contribution >= 0.6 is 0 Å². The molecule has 0 aromatic carbocycles. The summed E-state index contributed by atoms with van der Waals surface area (Å²) in [5.41, 5.74) is 0.378. The fourth-order valence-electron chi connectivity index (χ4n) is 6.66. The molecule has 0 amide bonds. The normalized spacial score (nSPS) is 50.6. The number of hydrogen-bond donors (Lipinski definition) is 0. The molecular weight excluding hydrogens is 296 g/mol. The van der Waals surface area contributed by atoms with E-state index < -0.39 is 8.80 Å². The lowest BCUT2D eigenvalue weighted by Gasteiger charge is -2.43. The summed E-state index contributed by atoms with van der Waals surface area (Å²) < 4.78 is 23.2. The number of rotatable bonds is 5. The molecule has 1 saturated heterocycles. The van der Waals surface area contributed by atoms with Crippen molar-refractivity contribution in [2.24, 2.45) is 35.5 Å². The number of hydrogen-bond acceptors (Lipinski definition) is 4. The maximum atomic E-state index is 5.83. The molecule has 4 fully saturated rings. The van der Waals surface area contributed by atoms with Crippen molar-refractivity contribution in [3.05, 3.63) is 0 Å². The molecule has 2 bridgehead atoms. The van der Waals surface area contributed by atoms with E-state index in [0.29, 0.717) is 23.7 Å². The van der Waals surface area contributed by atoms with Gasteiger partial charge in [0.1, 0.15) is 0 Å². The summed E-state index contributed by atoms with van der Waals surface area (Å²) in [4.78, 5) is 0. The van der Waals surface area contributed by atoms with Crippen LogP contribution in [0, 0.1) is 35.5 Å². The van der Waals surface area contributed by atoms with E-state index in [4.69, 9.17) is 18.0 Å². The highest BCUT2D eigenvalue weighted by Crippen LogP contribution is 2.67. The third-order valence-electron chi connectivity index (χ3n) is 7.67. The lowest BCUT2D eigenvalue weighted by atomic mass is 9.67. The summed E-state index contributed by atoms with van der Waals surface area (Å²) in [5, 5.41) is 0. The van der Waals surface area contributed by atoms with E-state index in [9.17, 15) is 0 Å². The van der Waals surface area contributed by atoms with Crippen molar-refractivity contribution in [2.75, 3.05) is 21.3 Å². The molecule has 1 aliphatic heterocycles. The van der Waals surface area contributed by atoms with Crippen LogP contribution in [-0.2, 0) is 18.0 Å². The van der Waals surface area contributed by atoms with Crippen LogP contribution in [0.4, 0.5) is 0 Å². The Morgan fingerprint density at radius 2 is 1.50 bits per heavy atom. The third-order valence-corrected chi connectivity index (χ3v) is 10.9. The SMILES string of the molecule is CO[Si](OC)(OC)C(C)C1CC2C(C)C1C1CC3OC3CC21. The molecule has 0 aromatic heterocycles. The Hall–Kier alpha value is 0.0569. The average Bonchev–Trinajstić information content (AvgIpc) is 3.17. The Bertz CT molecular complexity index is 432. The predicted octanol–water partition coefficient (Wildman–Crippen LogP) is 2.95. The lowest BCUT2D eigenvalue weighted by Crippen LogP contribution is -2.51. The van der Waals surface area contributed by atoms with Gasteiger partial charge in [0, 0.05) is 26.9 Å². The molecule has 0 N–H and O–H groups in total. The molecule has 22 heavy (non-hydrogen) atoms. The molecule has 4 rings (SSSR count). The Balaban J connectivity index is 1.57. The van der Waals surface area contributed by atoms with Crippen LogP contribution in [0.15, 0.2) is 0 Å². The minimum atomic E-state index is -2.55. The lowest BCUT2D eigenvalue weighted by molar-refractivity contribution is 0.0727. The maximum absolute atomic E-state index is 5.83. The van der Waals surface area contributed by atoms with Crippen molar-refractivity contribution in [1.29, 1.82) is 0 Å². The fraction of sp³-hybridized carbons (Fsp3) is 1.00. The molecule has 9 unspecified atom stereocenters. The molecule has 9 atom stereocenters. The zero-order chi connectivity index (χ0) is 15.6. The van der Waals surface area contributed by atoms with Crippen molar-refractivity contribution in [1.82, 2.24) is 0 Å². The van der Waals surface area contributed by atoms with Crippen LogP contribution in [0.1, 0.15) is 33.1 Å². The minimum Gasteiger partial charge on any atom is -0.377 e. The Morgan fingerprint density at radius 1 is 0.909 bits per heavy atom. The van der Waals surface area contributed by atoms with Gasteiger partial charge in [-0.3, -0.25) is 0 Å². The topological polar surface area (TPSA) is 40.2 Å². The summed E-state index contributed by atoms with van der Waals surface area (Å²) in [6.45, 7) is 4.79. The van der Waals surface area contributed by atoms with Crippen molar-refractivity contribution >= 4 is 8.80 Å². The van der Waals surface area contributed by atoms with E-state index in [2.05, 4.69) is 13.8 Å². The Labute approximate surface area is 135 Å². The van der Waals surface area contributed by atoms with Crippen LogP contribution in [0.2, 0.25) is 5.54 Å². The molecule has 3 saturated carbocycles. The molecule has 126 valence electrons. The summed E-state index contributed by atoms with van der Waals surface area (Å²) in [7, 11) is 2.70. The van der Waals surface area contributed by atoms with Gasteiger partial charge in [-0.15, -0.1) is 0 Å². The molecule has 1 heterocycles. The van der Waals surface area contributed by atoms with Crippen LogP contribution in [0.5, 0.6) is 0 Å². The summed E-state index contributed by atoms with van der Waals surface area (Å²) in [5.74, 6) is 4.99. The van der Waals surface area contributed by atoms with E-state index in [1.54, 1.807) is 21.3 Å². The van der Waals surface area contributed by atoms with Gasteiger partial charge < -0.3 is 18.0 Å². The van der Waals surface area contributed by atoms with Crippen LogP contribution in [0.3, 0.4) is 0 Å². The summed E-state index contributed by atoms with van der Waals surface area (Å²) >= 11 is 0. The first-order chi connectivity index (χ1) is 10.6. The van der Waals surface area contributed by atoms with E-state index in [1.165, 1.54) is 19.3 Å². The Kier molecular flexibility index (Phi) is 3.74.